The van der Waals surface area contributed by atoms with Crippen LogP contribution in [0.4, 0.5) is 29.1 Å². The average molecular weight is 856 g/mol. The molecule has 0 bridgehead atoms. The van der Waals surface area contributed by atoms with Crippen LogP contribution in [0.5, 0.6) is 6.01 Å². The lowest BCUT2D eigenvalue weighted by Gasteiger charge is -2.10. The number of nitriles is 2. The molecule has 0 spiro atoms. The number of hydrogen-bond donors (Lipinski definition) is 9. The molecule has 0 fully saturated rings. The van der Waals surface area contributed by atoms with Gasteiger partial charge in [-0.1, -0.05) is 0 Å². The topological polar surface area (TPSA) is 447 Å². The monoisotopic (exact) mass is 855 g/mol. The zero-order chi connectivity index (χ0) is 45.9. The molecule has 28 heteroatoms. The Morgan fingerprint density at radius 1 is 0.762 bits per heavy atom. The summed E-state index contributed by atoms with van der Waals surface area (Å²) >= 11 is 0. The molecule has 6 rings (SSSR count). The molecule has 4 heterocycles. The molecule has 0 aliphatic carbocycles. The van der Waals surface area contributed by atoms with Crippen LogP contribution in [0.25, 0.3) is 17.3 Å². The first-order valence-electron chi connectivity index (χ1n) is 17.1. The molecule has 0 saturated carbocycles. The quantitative estimate of drug-likeness (QED) is 0.0560. The molecule has 6 aromatic rings. The summed E-state index contributed by atoms with van der Waals surface area (Å²) in [6, 6.07) is 9.46. The number of carboxylic acid groups (broad SMARTS) is 4. The minimum absolute atomic E-state index is 0.00131. The van der Waals surface area contributed by atoms with Crippen molar-refractivity contribution in [2.75, 3.05) is 11.1 Å². The number of nitrogen functional groups attached to an aromatic ring is 1. The normalized spacial score (nSPS) is 11.6. The van der Waals surface area contributed by atoms with Crippen LogP contribution < -0.4 is 16.8 Å². The number of anilines is 2. The number of benzene rings is 2. The van der Waals surface area contributed by atoms with E-state index in [9.17, 15) is 55.2 Å². The fraction of sp³-hybridized carbons (Fsp3) is 0.0571. The number of nitrogens with zero attached hydrogens (tertiary/aromatic N) is 15. The molecule has 4 aromatic heterocycles. The summed E-state index contributed by atoms with van der Waals surface area (Å²) in [6.07, 6.45) is 2.21. The van der Waals surface area contributed by atoms with E-state index in [-0.39, 0.29) is 62.7 Å². The van der Waals surface area contributed by atoms with E-state index in [2.05, 4.69) is 56.0 Å². The molecular weight excluding hydrogens is 831 g/mol. The van der Waals surface area contributed by atoms with Gasteiger partial charge < -0.3 is 47.7 Å². The number of aryl methyl sites for hydroxylation is 1. The van der Waals surface area contributed by atoms with Crippen LogP contribution in [0.1, 0.15) is 65.2 Å². The maximum absolute atomic E-state index is 11.8. The molecule has 0 radical (unpaired) electrons. The van der Waals surface area contributed by atoms with Crippen molar-refractivity contribution in [3.8, 4) is 35.5 Å². The zero-order valence-corrected chi connectivity index (χ0v) is 31.9. The lowest BCUT2D eigenvalue weighted by atomic mass is 10.1. The number of aromatic nitrogens is 9. The summed E-state index contributed by atoms with van der Waals surface area (Å²) in [5, 5.41) is 107. The van der Waals surface area contributed by atoms with Gasteiger partial charge in [0.05, 0.1) is 57.4 Å². The van der Waals surface area contributed by atoms with Crippen LogP contribution in [0, 0.1) is 35.0 Å². The van der Waals surface area contributed by atoms with Crippen molar-refractivity contribution in [3.05, 3.63) is 99.4 Å². The van der Waals surface area contributed by atoms with Gasteiger partial charge in [0, 0.05) is 0 Å². The number of carboxylic acids is 4. The van der Waals surface area contributed by atoms with Gasteiger partial charge >= 0.3 is 29.9 Å². The highest BCUT2D eigenvalue weighted by molar-refractivity contribution is 6.03. The molecule has 2 aromatic carbocycles. The number of nitrogens with two attached hydrogens (primary N) is 2. The van der Waals surface area contributed by atoms with Gasteiger partial charge in [0.15, 0.2) is 23.1 Å². The van der Waals surface area contributed by atoms with E-state index >= 15 is 0 Å². The summed E-state index contributed by atoms with van der Waals surface area (Å²) in [5.41, 5.74) is 9.66. The standard InChI is InChI=1S/C35H25N19O9/c1-13(38)23(47-49-27-15(9-36)11-41-52(27)17-3-5-19(29(55)56)21(7-17)31(59)60)25(39)43-33-44-34(46-35(63)45-33)54-26(40)24(14(2)51-54)48-50-28-16(10-37)12-42-53(28)18-4-6-20(30(57)58)22(8-18)32(61)62/h3-8,11-12,38H,39-40H2,1-2H3,(H,55,56)(H,57,58)(H,59,60)(H,61,62)(H2,43,44,45,46,63)/b25-23+,38-13?,49-47?,50-48?. The Bertz CT molecular complexity index is 3130. The number of allylic oxidation sites excluding steroid dienone is 1. The minimum Gasteiger partial charge on any atom is -0.479 e. The summed E-state index contributed by atoms with van der Waals surface area (Å²) in [4.78, 5) is 58.5. The SMILES string of the molecule is CC(=N)/C(N=Nc1c(C#N)cnn1-c1ccc(C(=O)O)c(C(=O)O)c1)=C(/N)Nc1nc(O)nc(-n2nc(C)c(N=Nc3c(C#N)cnn3-c3ccc(C(=O)O)c(C(=O)O)c3)c2N)n1. The summed E-state index contributed by atoms with van der Waals surface area (Å²) in [6.45, 7) is 2.75. The predicted octanol–water partition coefficient (Wildman–Crippen LogP) is 3.34. The largest absolute Gasteiger partial charge is 0.479 e. The third-order valence-corrected chi connectivity index (χ3v) is 8.36. The van der Waals surface area contributed by atoms with Gasteiger partial charge in [-0.3, -0.25) is 0 Å². The number of aromatic hydroxyl groups is 1. The smallest absolute Gasteiger partial charge is 0.336 e. The molecule has 0 unspecified atom stereocenters. The van der Waals surface area contributed by atoms with Crippen molar-refractivity contribution in [1.29, 1.82) is 15.9 Å². The minimum atomic E-state index is -1.54. The third kappa shape index (κ3) is 8.36. The maximum atomic E-state index is 11.8. The molecule has 0 atom stereocenters. The van der Waals surface area contributed by atoms with Gasteiger partial charge in [-0.2, -0.15) is 45.5 Å². The Hall–Kier alpha value is -10.3. The Kier molecular flexibility index (Phi) is 11.4. The second kappa shape index (κ2) is 16.9. The van der Waals surface area contributed by atoms with Crippen molar-refractivity contribution >= 4 is 58.7 Å². The van der Waals surface area contributed by atoms with E-state index in [0.717, 1.165) is 50.7 Å². The van der Waals surface area contributed by atoms with Crippen LogP contribution in [0.15, 0.2) is 80.8 Å². The highest BCUT2D eigenvalue weighted by Gasteiger charge is 2.23. The molecule has 0 amide bonds. The van der Waals surface area contributed by atoms with Gasteiger partial charge in [-0.15, -0.1) is 20.5 Å². The van der Waals surface area contributed by atoms with E-state index in [1.807, 2.05) is 12.1 Å². The van der Waals surface area contributed by atoms with Gasteiger partial charge in [0.25, 0.3) is 5.95 Å². The molecule has 28 nitrogen and oxygen atoms in total. The van der Waals surface area contributed by atoms with Gasteiger partial charge in [-0.25, -0.2) is 28.5 Å². The first-order valence-corrected chi connectivity index (χ1v) is 17.1. The van der Waals surface area contributed by atoms with Gasteiger partial charge in [0.2, 0.25) is 5.95 Å². The van der Waals surface area contributed by atoms with Crippen molar-refractivity contribution in [3.63, 3.8) is 0 Å². The van der Waals surface area contributed by atoms with Crippen LogP contribution in [-0.2, 0) is 0 Å². The molecular formula is C35H25N19O9. The zero-order valence-electron chi connectivity index (χ0n) is 31.9. The van der Waals surface area contributed by atoms with E-state index in [1.54, 1.807) is 0 Å². The van der Waals surface area contributed by atoms with Gasteiger partial charge in [-0.05, 0) is 50.2 Å². The van der Waals surface area contributed by atoms with E-state index in [1.165, 1.54) is 26.0 Å². The number of nitrogens with one attached hydrogen (secondary N) is 2. The Morgan fingerprint density at radius 3 is 1.75 bits per heavy atom. The summed E-state index contributed by atoms with van der Waals surface area (Å²) < 4.78 is 3.00. The van der Waals surface area contributed by atoms with Crippen LogP contribution in [0.2, 0.25) is 0 Å². The van der Waals surface area contributed by atoms with E-state index in [0.29, 0.717) is 0 Å². The first kappa shape index (κ1) is 42.4. The summed E-state index contributed by atoms with van der Waals surface area (Å²) in [5.74, 6) is -7.98. The predicted molar refractivity (Wildman–Crippen MR) is 209 cm³/mol. The van der Waals surface area contributed by atoms with Crippen molar-refractivity contribution in [2.45, 2.75) is 13.8 Å². The van der Waals surface area contributed by atoms with Crippen molar-refractivity contribution < 1.29 is 44.7 Å². The van der Waals surface area contributed by atoms with Crippen molar-refractivity contribution in [1.82, 2.24) is 44.3 Å². The molecule has 314 valence electrons. The third-order valence-electron chi connectivity index (χ3n) is 8.36. The Labute approximate surface area is 349 Å². The van der Waals surface area contributed by atoms with E-state index in [4.69, 9.17) is 16.9 Å². The molecule has 63 heavy (non-hydrogen) atoms. The fourth-order valence-corrected chi connectivity index (χ4v) is 5.49. The first-order chi connectivity index (χ1) is 29.9. The number of aromatic carboxylic acids is 4. The lowest BCUT2D eigenvalue weighted by molar-refractivity contribution is 0.0651. The van der Waals surface area contributed by atoms with Crippen LogP contribution in [0.3, 0.4) is 0 Å². The number of rotatable bonds is 14. The number of hydrogen-bond acceptors (Lipinski definition) is 21. The molecule has 0 aliphatic rings. The molecule has 0 saturated heterocycles. The Balaban J connectivity index is 1.32. The highest BCUT2D eigenvalue weighted by Crippen LogP contribution is 2.33. The average Bonchev–Trinajstić information content (AvgIpc) is 3.93. The second-order valence-corrected chi connectivity index (χ2v) is 12.4. The van der Waals surface area contributed by atoms with Crippen LogP contribution >= 0.6 is 0 Å². The van der Waals surface area contributed by atoms with Crippen molar-refractivity contribution in [2.24, 2.45) is 26.2 Å². The summed E-state index contributed by atoms with van der Waals surface area (Å²) in [7, 11) is 0. The second-order valence-electron chi connectivity index (χ2n) is 12.4. The van der Waals surface area contributed by atoms with E-state index < -0.39 is 69.9 Å². The number of azo groups is 2. The molecule has 11 N–H and O–H groups in total. The van der Waals surface area contributed by atoms with Gasteiger partial charge in [0.1, 0.15) is 34.8 Å². The van der Waals surface area contributed by atoms with Crippen LogP contribution in [-0.4, -0.2) is 99.4 Å². The fourth-order valence-electron chi connectivity index (χ4n) is 5.49. The maximum Gasteiger partial charge on any atom is 0.336 e. The highest BCUT2D eigenvalue weighted by atomic mass is 16.4. The lowest BCUT2D eigenvalue weighted by Crippen LogP contribution is -2.18. The molecule has 0 aliphatic heterocycles. The number of carbonyl (C=O) groups is 4. The Morgan fingerprint density at radius 2 is 1.27 bits per heavy atom.